The van der Waals surface area contributed by atoms with Gasteiger partial charge in [-0.1, -0.05) is 6.92 Å². The molecule has 5 nitrogen and oxygen atoms in total. The second kappa shape index (κ2) is 8.29. The summed E-state index contributed by atoms with van der Waals surface area (Å²) in [6, 6.07) is 1.93. The van der Waals surface area contributed by atoms with E-state index >= 15 is 0 Å². The first kappa shape index (κ1) is 17.0. The number of methoxy groups -OCH3 is 1. The van der Waals surface area contributed by atoms with Crippen molar-refractivity contribution < 1.29 is 19.1 Å². The predicted molar refractivity (Wildman–Crippen MR) is 85.3 cm³/mol. The third-order valence-corrected chi connectivity index (χ3v) is 4.93. The monoisotopic (exact) mass is 325 g/mol. The van der Waals surface area contributed by atoms with Crippen LogP contribution in [0.5, 0.6) is 0 Å². The molecule has 0 spiro atoms. The van der Waals surface area contributed by atoms with Gasteiger partial charge in [0.1, 0.15) is 4.88 Å². The van der Waals surface area contributed by atoms with E-state index in [0.717, 1.165) is 19.3 Å². The molecule has 22 heavy (non-hydrogen) atoms. The van der Waals surface area contributed by atoms with Crippen molar-refractivity contribution >= 4 is 23.2 Å². The van der Waals surface area contributed by atoms with Gasteiger partial charge in [-0.15, -0.1) is 11.3 Å². The topological polar surface area (TPSA) is 64.6 Å². The summed E-state index contributed by atoms with van der Waals surface area (Å²) in [7, 11) is 1.62. The summed E-state index contributed by atoms with van der Waals surface area (Å²) in [4.78, 5) is 25.5. The second-order valence-electron chi connectivity index (χ2n) is 5.68. The highest BCUT2D eigenvalue weighted by Crippen LogP contribution is 2.32. The fraction of sp³-hybridized carbons (Fsp3) is 0.625. The fourth-order valence-electron chi connectivity index (χ4n) is 2.50. The van der Waals surface area contributed by atoms with E-state index in [9.17, 15) is 9.59 Å². The van der Waals surface area contributed by atoms with Crippen molar-refractivity contribution in [2.75, 3.05) is 26.9 Å². The van der Waals surface area contributed by atoms with Gasteiger partial charge in [-0.3, -0.25) is 4.79 Å². The Labute approximate surface area is 135 Å². The average Bonchev–Trinajstić information content (AvgIpc) is 2.92. The van der Waals surface area contributed by atoms with Crippen LogP contribution in [0.15, 0.2) is 6.07 Å². The lowest BCUT2D eigenvalue weighted by molar-refractivity contribution is -0.124. The Bertz CT molecular complexity index is 526. The standard InChI is InChI=1S/C16H23NO4S/c1-11-4-5-13-12(8-11)9-14(22-13)16(19)21-10-15(18)17-6-3-7-20-2/h9,11H,3-8,10H2,1-2H3,(H,17,18)/t11-/m0/s1. The first-order valence-electron chi connectivity index (χ1n) is 7.64. The lowest BCUT2D eigenvalue weighted by atomic mass is 9.90. The van der Waals surface area contributed by atoms with Crippen LogP contribution in [0.1, 0.15) is 39.9 Å². The lowest BCUT2D eigenvalue weighted by Crippen LogP contribution is -2.30. The van der Waals surface area contributed by atoms with Crippen molar-refractivity contribution in [3.05, 3.63) is 21.4 Å². The van der Waals surface area contributed by atoms with Crippen molar-refractivity contribution in [3.8, 4) is 0 Å². The van der Waals surface area contributed by atoms with Crippen LogP contribution in [0, 0.1) is 5.92 Å². The van der Waals surface area contributed by atoms with Crippen molar-refractivity contribution in [3.63, 3.8) is 0 Å². The van der Waals surface area contributed by atoms with Gasteiger partial charge >= 0.3 is 5.97 Å². The zero-order valence-electron chi connectivity index (χ0n) is 13.1. The summed E-state index contributed by atoms with van der Waals surface area (Å²) >= 11 is 1.50. The predicted octanol–water partition coefficient (Wildman–Crippen LogP) is 2.18. The molecule has 122 valence electrons. The van der Waals surface area contributed by atoms with Gasteiger partial charge in [0.25, 0.3) is 5.91 Å². The van der Waals surface area contributed by atoms with Crippen LogP contribution in [-0.2, 0) is 27.1 Å². The molecule has 1 atom stereocenters. The maximum Gasteiger partial charge on any atom is 0.348 e. The van der Waals surface area contributed by atoms with E-state index in [0.29, 0.717) is 23.9 Å². The van der Waals surface area contributed by atoms with E-state index in [1.165, 1.54) is 28.2 Å². The molecule has 1 aromatic heterocycles. The molecule has 1 N–H and O–H groups in total. The molecular weight excluding hydrogens is 302 g/mol. The third kappa shape index (κ3) is 4.81. The van der Waals surface area contributed by atoms with Crippen LogP contribution in [-0.4, -0.2) is 38.7 Å². The number of esters is 1. The van der Waals surface area contributed by atoms with Gasteiger partial charge in [0.2, 0.25) is 0 Å². The highest BCUT2D eigenvalue weighted by atomic mass is 32.1. The van der Waals surface area contributed by atoms with Gasteiger partial charge < -0.3 is 14.8 Å². The Hall–Kier alpha value is -1.40. The van der Waals surface area contributed by atoms with Gasteiger partial charge in [0, 0.05) is 25.1 Å². The summed E-state index contributed by atoms with van der Waals surface area (Å²) < 4.78 is 9.97. The zero-order chi connectivity index (χ0) is 15.9. The highest BCUT2D eigenvalue weighted by Gasteiger charge is 2.21. The van der Waals surface area contributed by atoms with Crippen molar-refractivity contribution in [1.82, 2.24) is 5.32 Å². The van der Waals surface area contributed by atoms with Crippen LogP contribution in [0.25, 0.3) is 0 Å². The van der Waals surface area contributed by atoms with E-state index < -0.39 is 5.97 Å². The first-order chi connectivity index (χ1) is 10.6. The minimum Gasteiger partial charge on any atom is -0.451 e. The summed E-state index contributed by atoms with van der Waals surface area (Å²) in [5.74, 6) is -0.0117. The molecule has 1 heterocycles. The first-order valence-corrected chi connectivity index (χ1v) is 8.46. The number of ether oxygens (including phenoxy) is 2. The van der Waals surface area contributed by atoms with Crippen LogP contribution in [0.2, 0.25) is 0 Å². The van der Waals surface area contributed by atoms with Crippen molar-refractivity contribution in [2.24, 2.45) is 5.92 Å². The van der Waals surface area contributed by atoms with E-state index in [2.05, 4.69) is 12.2 Å². The highest BCUT2D eigenvalue weighted by molar-refractivity contribution is 7.14. The quantitative estimate of drug-likeness (QED) is 0.616. The van der Waals surface area contributed by atoms with Crippen LogP contribution in [0.3, 0.4) is 0 Å². The van der Waals surface area contributed by atoms with Gasteiger partial charge in [0.05, 0.1) is 0 Å². The molecule has 0 saturated carbocycles. The number of fused-ring (bicyclic) bond motifs is 1. The maximum absolute atomic E-state index is 12.0. The zero-order valence-corrected chi connectivity index (χ0v) is 14.0. The Morgan fingerprint density at radius 1 is 1.45 bits per heavy atom. The molecule has 0 aromatic carbocycles. The molecule has 0 saturated heterocycles. The molecule has 0 unspecified atom stereocenters. The molecule has 0 bridgehead atoms. The number of hydrogen-bond acceptors (Lipinski definition) is 5. The molecule has 1 aromatic rings. The van der Waals surface area contributed by atoms with E-state index in [1.54, 1.807) is 7.11 Å². The van der Waals surface area contributed by atoms with E-state index in [4.69, 9.17) is 9.47 Å². The van der Waals surface area contributed by atoms with Crippen molar-refractivity contribution in [1.29, 1.82) is 0 Å². The number of carbonyl (C=O) groups excluding carboxylic acids is 2. The molecular formula is C16H23NO4S. The number of thiophene rings is 1. The molecule has 6 heteroatoms. The maximum atomic E-state index is 12.0. The SMILES string of the molecule is COCCCNC(=O)COC(=O)c1cc2c(s1)CC[C@H](C)C2. The molecule has 1 amide bonds. The largest absolute Gasteiger partial charge is 0.451 e. The molecule has 0 fully saturated rings. The fourth-order valence-corrected chi connectivity index (χ4v) is 3.61. The van der Waals surface area contributed by atoms with Gasteiger partial charge in [-0.25, -0.2) is 4.79 Å². The van der Waals surface area contributed by atoms with Gasteiger partial charge in [-0.05, 0) is 43.2 Å². The summed E-state index contributed by atoms with van der Waals surface area (Å²) in [5.41, 5.74) is 1.26. The van der Waals surface area contributed by atoms with Crippen molar-refractivity contribution in [2.45, 2.75) is 32.6 Å². The van der Waals surface area contributed by atoms with E-state index in [-0.39, 0.29) is 12.5 Å². The van der Waals surface area contributed by atoms with Gasteiger partial charge in [0.15, 0.2) is 6.61 Å². The third-order valence-electron chi connectivity index (χ3n) is 3.71. The number of aryl methyl sites for hydroxylation is 1. The molecule has 0 radical (unpaired) electrons. The lowest BCUT2D eigenvalue weighted by Gasteiger charge is -2.16. The Balaban J connectivity index is 1.77. The normalized spacial score (nSPS) is 16.9. The second-order valence-corrected chi connectivity index (χ2v) is 6.82. The molecule has 0 aliphatic heterocycles. The number of carbonyl (C=O) groups is 2. The number of nitrogens with one attached hydrogen (secondary N) is 1. The van der Waals surface area contributed by atoms with E-state index in [1.807, 2.05) is 6.07 Å². The Kier molecular flexibility index (Phi) is 6.39. The molecule has 1 aliphatic carbocycles. The van der Waals surface area contributed by atoms with Gasteiger partial charge in [-0.2, -0.15) is 0 Å². The number of amides is 1. The summed E-state index contributed by atoms with van der Waals surface area (Å²) in [6.45, 7) is 3.12. The van der Waals surface area contributed by atoms with Crippen LogP contribution in [0.4, 0.5) is 0 Å². The van der Waals surface area contributed by atoms with Crippen LogP contribution >= 0.6 is 11.3 Å². The number of rotatable bonds is 7. The minimum absolute atomic E-state index is 0.231. The Morgan fingerprint density at radius 3 is 3.05 bits per heavy atom. The Morgan fingerprint density at radius 2 is 2.27 bits per heavy atom. The number of hydrogen-bond donors (Lipinski definition) is 1. The smallest absolute Gasteiger partial charge is 0.348 e. The average molecular weight is 325 g/mol. The molecule has 1 aliphatic rings. The summed E-state index contributed by atoms with van der Waals surface area (Å²) in [6.07, 6.45) is 3.98. The minimum atomic E-state index is -0.404. The van der Waals surface area contributed by atoms with Crippen LogP contribution < -0.4 is 5.32 Å². The summed E-state index contributed by atoms with van der Waals surface area (Å²) in [5, 5.41) is 2.69. The molecule has 2 rings (SSSR count).